The summed E-state index contributed by atoms with van der Waals surface area (Å²) in [6, 6.07) is 10.7. The van der Waals surface area contributed by atoms with E-state index in [9.17, 15) is 17.6 Å². The van der Waals surface area contributed by atoms with Crippen molar-refractivity contribution in [2.45, 2.75) is 11.8 Å². The quantitative estimate of drug-likeness (QED) is 0.767. The fourth-order valence-electron chi connectivity index (χ4n) is 2.79. The van der Waals surface area contributed by atoms with Gasteiger partial charge in [-0.25, -0.2) is 12.8 Å². The summed E-state index contributed by atoms with van der Waals surface area (Å²) in [5.74, 6) is -0.797. The van der Waals surface area contributed by atoms with E-state index >= 15 is 0 Å². The van der Waals surface area contributed by atoms with Crippen LogP contribution < -0.4 is 10.6 Å². The van der Waals surface area contributed by atoms with Crippen molar-refractivity contribution in [3.63, 3.8) is 0 Å². The number of nitrogens with one attached hydrogen (secondary N) is 2. The summed E-state index contributed by atoms with van der Waals surface area (Å²) in [4.78, 5) is 12.2. The Morgan fingerprint density at radius 2 is 1.82 bits per heavy atom. The second-order valence-electron chi connectivity index (χ2n) is 6.43. The number of halogens is 1. The zero-order valence-corrected chi connectivity index (χ0v) is 16.3. The van der Waals surface area contributed by atoms with Crippen molar-refractivity contribution >= 4 is 27.3 Å². The lowest BCUT2D eigenvalue weighted by molar-refractivity contribution is -0.114. The molecule has 1 aliphatic heterocycles. The first kappa shape index (κ1) is 20.2. The number of carbonyl (C=O) groups excluding carboxylic acids is 1. The highest BCUT2D eigenvalue weighted by atomic mass is 32.2. The summed E-state index contributed by atoms with van der Waals surface area (Å²) >= 11 is 0. The molecule has 0 radical (unpaired) electrons. The molecule has 1 amide bonds. The van der Waals surface area contributed by atoms with Gasteiger partial charge in [0, 0.05) is 18.8 Å². The number of hydrogen-bond donors (Lipinski definition) is 2. The highest BCUT2D eigenvalue weighted by molar-refractivity contribution is 7.89. The fraction of sp³-hybridized carbons (Fsp3) is 0.316. The third-order valence-corrected chi connectivity index (χ3v) is 6.22. The molecule has 0 aliphatic carbocycles. The van der Waals surface area contributed by atoms with Gasteiger partial charge in [0.15, 0.2) is 0 Å². The molecule has 1 heterocycles. The predicted molar refractivity (Wildman–Crippen MR) is 104 cm³/mol. The lowest BCUT2D eigenvalue weighted by atomic mass is 10.2. The van der Waals surface area contributed by atoms with E-state index in [1.807, 2.05) is 0 Å². The summed E-state index contributed by atoms with van der Waals surface area (Å²) in [5, 5.41) is 5.39. The van der Waals surface area contributed by atoms with E-state index in [-0.39, 0.29) is 23.0 Å². The maximum absolute atomic E-state index is 13.8. The lowest BCUT2D eigenvalue weighted by Crippen LogP contribution is -2.40. The molecule has 1 aliphatic rings. The number of rotatable bonds is 6. The van der Waals surface area contributed by atoms with Gasteiger partial charge in [-0.15, -0.1) is 0 Å². The number of anilines is 2. The number of amides is 1. The maximum Gasteiger partial charge on any atom is 0.243 e. The summed E-state index contributed by atoms with van der Waals surface area (Å²) in [6.45, 7) is 3.06. The van der Waals surface area contributed by atoms with E-state index in [0.29, 0.717) is 32.0 Å². The fourth-order valence-corrected chi connectivity index (χ4v) is 4.20. The Morgan fingerprint density at radius 1 is 1.14 bits per heavy atom. The van der Waals surface area contributed by atoms with E-state index in [1.54, 1.807) is 19.1 Å². The van der Waals surface area contributed by atoms with Crippen molar-refractivity contribution in [2.24, 2.45) is 0 Å². The zero-order chi connectivity index (χ0) is 20.1. The van der Waals surface area contributed by atoms with Crippen molar-refractivity contribution in [3.8, 4) is 0 Å². The first-order valence-corrected chi connectivity index (χ1v) is 10.3. The topological polar surface area (TPSA) is 87.7 Å². The Labute approximate surface area is 163 Å². The zero-order valence-electron chi connectivity index (χ0n) is 15.4. The Hall–Kier alpha value is -2.49. The molecule has 0 bridgehead atoms. The van der Waals surface area contributed by atoms with E-state index in [4.69, 9.17) is 4.74 Å². The van der Waals surface area contributed by atoms with E-state index in [1.165, 1.54) is 34.6 Å². The van der Waals surface area contributed by atoms with Crippen molar-refractivity contribution < 1.29 is 22.3 Å². The monoisotopic (exact) mass is 407 g/mol. The largest absolute Gasteiger partial charge is 0.379 e. The SMILES string of the molecule is Cc1ccc(NCC(=O)Nc2ccc(S(=O)(=O)N3CCOCC3)cc2)c(F)c1. The highest BCUT2D eigenvalue weighted by Gasteiger charge is 2.26. The average molecular weight is 407 g/mol. The van der Waals surface area contributed by atoms with Crippen molar-refractivity contribution in [3.05, 3.63) is 53.8 Å². The van der Waals surface area contributed by atoms with Crippen LogP contribution in [-0.2, 0) is 19.6 Å². The molecule has 1 fully saturated rings. The molecule has 3 rings (SSSR count). The molecule has 2 aromatic carbocycles. The molecule has 0 saturated carbocycles. The first-order chi connectivity index (χ1) is 13.4. The number of benzene rings is 2. The molecule has 0 unspecified atom stereocenters. The minimum atomic E-state index is -3.58. The number of nitrogens with zero attached hydrogens (tertiary/aromatic N) is 1. The van der Waals surface area contributed by atoms with E-state index in [2.05, 4.69) is 10.6 Å². The molecule has 0 atom stereocenters. The lowest BCUT2D eigenvalue weighted by Gasteiger charge is -2.26. The molecule has 7 nitrogen and oxygen atoms in total. The molecule has 0 aromatic heterocycles. The molecule has 150 valence electrons. The molecule has 9 heteroatoms. The standard InChI is InChI=1S/C19H22FN3O4S/c1-14-2-7-18(17(20)12-14)21-13-19(24)22-15-3-5-16(6-4-15)28(25,26)23-8-10-27-11-9-23/h2-7,12,21H,8-11,13H2,1H3,(H,22,24). The van der Waals surface area contributed by atoms with Crippen LogP contribution in [-0.4, -0.2) is 51.5 Å². The van der Waals surface area contributed by atoms with Crippen LogP contribution in [0.2, 0.25) is 0 Å². The third kappa shape index (κ3) is 4.86. The van der Waals surface area contributed by atoms with Crippen LogP contribution in [0.4, 0.5) is 15.8 Å². The van der Waals surface area contributed by atoms with Gasteiger partial charge in [0.25, 0.3) is 0 Å². The first-order valence-electron chi connectivity index (χ1n) is 8.84. The molecule has 2 N–H and O–H groups in total. The molecular formula is C19H22FN3O4S. The Kier molecular flexibility index (Phi) is 6.28. The third-order valence-electron chi connectivity index (χ3n) is 4.31. The van der Waals surface area contributed by atoms with Crippen molar-refractivity contribution in [1.82, 2.24) is 4.31 Å². The van der Waals surface area contributed by atoms with Gasteiger partial charge in [0.05, 0.1) is 30.3 Å². The van der Waals surface area contributed by atoms with Gasteiger partial charge in [-0.2, -0.15) is 4.31 Å². The van der Waals surface area contributed by atoms with Crippen molar-refractivity contribution in [1.29, 1.82) is 0 Å². The normalized spacial score (nSPS) is 15.2. The number of ether oxygens (including phenoxy) is 1. The smallest absolute Gasteiger partial charge is 0.243 e. The molecule has 1 saturated heterocycles. The van der Waals surface area contributed by atoms with E-state index < -0.39 is 15.8 Å². The molecule has 0 spiro atoms. The number of sulfonamides is 1. The van der Waals surface area contributed by atoms with Crippen LogP contribution in [0.25, 0.3) is 0 Å². The Morgan fingerprint density at radius 3 is 2.46 bits per heavy atom. The van der Waals surface area contributed by atoms with Crippen LogP contribution in [0, 0.1) is 12.7 Å². The van der Waals surface area contributed by atoms with Crippen molar-refractivity contribution in [2.75, 3.05) is 43.5 Å². The van der Waals surface area contributed by atoms with Gasteiger partial charge in [-0.1, -0.05) is 6.07 Å². The van der Waals surface area contributed by atoms with Crippen LogP contribution in [0.15, 0.2) is 47.4 Å². The second kappa shape index (κ2) is 8.68. The van der Waals surface area contributed by atoms with Gasteiger partial charge in [-0.3, -0.25) is 4.79 Å². The molecular weight excluding hydrogens is 385 g/mol. The minimum Gasteiger partial charge on any atom is -0.379 e. The average Bonchev–Trinajstić information content (AvgIpc) is 2.68. The van der Waals surface area contributed by atoms with Crippen LogP contribution in [0.1, 0.15) is 5.56 Å². The van der Waals surface area contributed by atoms with Crippen LogP contribution in [0.3, 0.4) is 0 Å². The Bertz CT molecular complexity index is 942. The van der Waals surface area contributed by atoms with Crippen LogP contribution in [0.5, 0.6) is 0 Å². The second-order valence-corrected chi connectivity index (χ2v) is 8.36. The van der Waals surface area contributed by atoms with Gasteiger partial charge >= 0.3 is 0 Å². The summed E-state index contributed by atoms with van der Waals surface area (Å²) in [7, 11) is -3.58. The summed E-state index contributed by atoms with van der Waals surface area (Å²) in [5.41, 5.74) is 1.49. The van der Waals surface area contributed by atoms with Gasteiger partial charge in [-0.05, 0) is 48.9 Å². The minimum absolute atomic E-state index is 0.117. The van der Waals surface area contributed by atoms with Crippen LogP contribution >= 0.6 is 0 Å². The number of hydrogen-bond acceptors (Lipinski definition) is 5. The highest BCUT2D eigenvalue weighted by Crippen LogP contribution is 2.19. The molecule has 2 aromatic rings. The number of carbonyl (C=O) groups is 1. The summed E-state index contributed by atoms with van der Waals surface area (Å²) in [6.07, 6.45) is 0. The van der Waals surface area contributed by atoms with Gasteiger partial charge in [0.2, 0.25) is 15.9 Å². The maximum atomic E-state index is 13.8. The number of morpholine rings is 1. The molecule has 28 heavy (non-hydrogen) atoms. The summed E-state index contributed by atoms with van der Waals surface area (Å²) < 4.78 is 45.5. The van der Waals surface area contributed by atoms with Gasteiger partial charge in [0.1, 0.15) is 5.82 Å². The Balaban J connectivity index is 1.58. The van der Waals surface area contributed by atoms with Gasteiger partial charge < -0.3 is 15.4 Å². The predicted octanol–water partition coefficient (Wildman–Crippen LogP) is 2.21. The number of aryl methyl sites for hydroxylation is 1. The van der Waals surface area contributed by atoms with E-state index in [0.717, 1.165) is 5.56 Å².